The molecule has 1 saturated heterocycles. The average molecular weight is 404 g/mol. The zero-order valence-electron chi connectivity index (χ0n) is 17.6. The Morgan fingerprint density at radius 3 is 2.27 bits per heavy atom. The van der Waals surface area contributed by atoms with E-state index < -0.39 is 0 Å². The second-order valence-corrected chi connectivity index (χ2v) is 7.67. The van der Waals surface area contributed by atoms with Gasteiger partial charge in [-0.15, -0.1) is 0 Å². The third kappa shape index (κ3) is 3.04. The molecule has 5 rings (SSSR count). The molecule has 0 N–H and O–H groups in total. The Morgan fingerprint density at radius 1 is 0.800 bits per heavy atom. The molecule has 0 unspecified atom stereocenters. The fourth-order valence-corrected chi connectivity index (χ4v) is 4.02. The van der Waals surface area contributed by atoms with Crippen LogP contribution >= 0.6 is 0 Å². The summed E-state index contributed by atoms with van der Waals surface area (Å²) in [5.74, 6) is 3.42. The van der Waals surface area contributed by atoms with Crippen LogP contribution in [0.4, 0.5) is 11.6 Å². The van der Waals surface area contributed by atoms with Crippen molar-refractivity contribution >= 4 is 17.4 Å². The zero-order valence-corrected chi connectivity index (χ0v) is 17.6. The van der Waals surface area contributed by atoms with Gasteiger partial charge in [-0.25, -0.2) is 19.6 Å². The predicted octanol–water partition coefficient (Wildman–Crippen LogP) is 1.66. The monoisotopic (exact) mass is 404 g/mol. The molecule has 10 heteroatoms. The van der Waals surface area contributed by atoms with E-state index in [4.69, 9.17) is 0 Å². The molecule has 10 nitrogen and oxygen atoms in total. The van der Waals surface area contributed by atoms with Crippen LogP contribution in [0.15, 0.2) is 24.8 Å². The highest BCUT2D eigenvalue weighted by Crippen LogP contribution is 2.25. The van der Waals surface area contributed by atoms with Gasteiger partial charge in [0.1, 0.15) is 24.3 Å². The quantitative estimate of drug-likeness (QED) is 0.509. The Kier molecular flexibility index (Phi) is 4.34. The number of hydrogen-bond acceptors (Lipinski definition) is 8. The summed E-state index contributed by atoms with van der Waals surface area (Å²) in [5, 5.41) is 8.92. The largest absolute Gasteiger partial charge is 0.353 e. The van der Waals surface area contributed by atoms with Crippen molar-refractivity contribution < 1.29 is 0 Å². The molecule has 1 aliphatic rings. The number of anilines is 2. The summed E-state index contributed by atoms with van der Waals surface area (Å²) in [6, 6.07) is 4.05. The van der Waals surface area contributed by atoms with E-state index in [-0.39, 0.29) is 0 Å². The fourth-order valence-electron chi connectivity index (χ4n) is 4.02. The highest BCUT2D eigenvalue weighted by Gasteiger charge is 2.23. The first-order valence-corrected chi connectivity index (χ1v) is 10.0. The Morgan fingerprint density at radius 2 is 1.53 bits per heavy atom. The van der Waals surface area contributed by atoms with Gasteiger partial charge in [-0.05, 0) is 33.8 Å². The minimum atomic E-state index is 0.640. The number of hydrogen-bond donors (Lipinski definition) is 0. The van der Waals surface area contributed by atoms with E-state index in [1.165, 1.54) is 0 Å². The number of fused-ring (bicyclic) bond motifs is 1. The van der Waals surface area contributed by atoms with Crippen molar-refractivity contribution in [2.75, 3.05) is 36.0 Å². The van der Waals surface area contributed by atoms with E-state index >= 15 is 0 Å². The minimum Gasteiger partial charge on any atom is -0.353 e. The molecule has 0 amide bonds. The predicted molar refractivity (Wildman–Crippen MR) is 113 cm³/mol. The van der Waals surface area contributed by atoms with Gasteiger partial charge in [-0.3, -0.25) is 0 Å². The molecule has 0 aliphatic carbocycles. The van der Waals surface area contributed by atoms with Crippen molar-refractivity contribution in [3.63, 3.8) is 0 Å². The Balaban J connectivity index is 1.39. The van der Waals surface area contributed by atoms with E-state index in [2.05, 4.69) is 46.9 Å². The van der Waals surface area contributed by atoms with Crippen LogP contribution < -0.4 is 9.80 Å². The van der Waals surface area contributed by atoms with E-state index in [0.29, 0.717) is 5.78 Å². The number of aromatic nitrogens is 8. The summed E-state index contributed by atoms with van der Waals surface area (Å²) in [6.45, 7) is 11.6. The first-order chi connectivity index (χ1) is 14.5. The molecule has 0 saturated carbocycles. The number of nitrogens with zero attached hydrogens (tertiary/aromatic N) is 10. The number of piperazine rings is 1. The van der Waals surface area contributed by atoms with Crippen molar-refractivity contribution in [2.45, 2.75) is 27.7 Å². The van der Waals surface area contributed by atoms with E-state index in [0.717, 1.165) is 66.3 Å². The molecule has 4 aromatic heterocycles. The van der Waals surface area contributed by atoms with Crippen LogP contribution in [-0.4, -0.2) is 65.5 Å². The lowest BCUT2D eigenvalue weighted by molar-refractivity contribution is 0.629. The Bertz CT molecular complexity index is 1220. The van der Waals surface area contributed by atoms with Crippen LogP contribution in [-0.2, 0) is 0 Å². The molecular formula is C20H24N10. The molecule has 1 fully saturated rings. The van der Waals surface area contributed by atoms with E-state index in [1.807, 2.05) is 42.1 Å². The van der Waals surface area contributed by atoms with Gasteiger partial charge in [-0.1, -0.05) is 0 Å². The molecule has 0 spiro atoms. The zero-order chi connectivity index (χ0) is 20.8. The SMILES string of the molecule is Cc1cc(C)n(-c2cc(N3CCN(c4c(C)c(C)nc5ncnn45)CC3)ncn2)n1. The van der Waals surface area contributed by atoms with Crippen LogP contribution in [0, 0.1) is 27.7 Å². The van der Waals surface area contributed by atoms with Crippen LogP contribution in [0.2, 0.25) is 0 Å². The summed E-state index contributed by atoms with van der Waals surface area (Å²) in [6.07, 6.45) is 3.17. The van der Waals surface area contributed by atoms with Gasteiger partial charge in [0, 0.05) is 49.2 Å². The van der Waals surface area contributed by atoms with Crippen molar-refractivity contribution in [1.82, 2.24) is 39.3 Å². The smallest absolute Gasteiger partial charge is 0.254 e. The highest BCUT2D eigenvalue weighted by atomic mass is 15.4. The lowest BCUT2D eigenvalue weighted by Crippen LogP contribution is -2.47. The first kappa shape index (κ1) is 18.5. The van der Waals surface area contributed by atoms with Gasteiger partial charge in [0.15, 0.2) is 5.82 Å². The van der Waals surface area contributed by atoms with E-state index in [9.17, 15) is 0 Å². The Hall–Kier alpha value is -3.56. The minimum absolute atomic E-state index is 0.640. The topological polar surface area (TPSA) is 93.2 Å². The van der Waals surface area contributed by atoms with E-state index in [1.54, 1.807) is 12.7 Å². The molecule has 4 aromatic rings. The maximum Gasteiger partial charge on any atom is 0.254 e. The molecule has 5 heterocycles. The maximum atomic E-state index is 4.54. The van der Waals surface area contributed by atoms with Crippen molar-refractivity contribution in [3.05, 3.63) is 47.4 Å². The Labute approximate surface area is 174 Å². The van der Waals surface area contributed by atoms with Gasteiger partial charge in [0.25, 0.3) is 5.78 Å². The average Bonchev–Trinajstić information content (AvgIpc) is 3.34. The molecule has 30 heavy (non-hydrogen) atoms. The molecule has 0 atom stereocenters. The van der Waals surface area contributed by atoms with Gasteiger partial charge >= 0.3 is 0 Å². The summed E-state index contributed by atoms with van der Waals surface area (Å²) in [4.78, 5) is 22.4. The first-order valence-electron chi connectivity index (χ1n) is 10.0. The number of aryl methyl sites for hydroxylation is 3. The third-order valence-corrected chi connectivity index (χ3v) is 5.64. The van der Waals surface area contributed by atoms with Crippen LogP contribution in [0.5, 0.6) is 0 Å². The molecular weight excluding hydrogens is 380 g/mol. The summed E-state index contributed by atoms with van der Waals surface area (Å²) < 4.78 is 3.70. The lowest BCUT2D eigenvalue weighted by Gasteiger charge is -2.37. The second-order valence-electron chi connectivity index (χ2n) is 7.67. The highest BCUT2D eigenvalue weighted by molar-refractivity contribution is 5.55. The fraction of sp³-hybridized carbons (Fsp3) is 0.400. The number of rotatable bonds is 3. The molecule has 154 valence electrons. The van der Waals surface area contributed by atoms with Crippen molar-refractivity contribution in [2.24, 2.45) is 0 Å². The molecule has 0 radical (unpaired) electrons. The van der Waals surface area contributed by atoms with Crippen LogP contribution in [0.3, 0.4) is 0 Å². The standard InChI is InChI=1S/C20H24N10/c1-13-9-14(2)29(26-13)18-10-17(21-11-22-18)27-5-7-28(8-6-27)19-15(3)16(4)25-20-23-12-24-30(19)20/h9-12H,5-8H2,1-4H3. The van der Waals surface area contributed by atoms with Crippen molar-refractivity contribution in [1.29, 1.82) is 0 Å². The summed E-state index contributed by atoms with van der Waals surface area (Å²) in [7, 11) is 0. The normalized spacial score (nSPS) is 14.7. The molecule has 0 bridgehead atoms. The molecule has 0 aromatic carbocycles. The van der Waals surface area contributed by atoms with Crippen molar-refractivity contribution in [3.8, 4) is 5.82 Å². The lowest BCUT2D eigenvalue weighted by atomic mass is 10.2. The summed E-state index contributed by atoms with van der Waals surface area (Å²) >= 11 is 0. The van der Waals surface area contributed by atoms with Crippen LogP contribution in [0.1, 0.15) is 22.6 Å². The van der Waals surface area contributed by atoms with Gasteiger partial charge < -0.3 is 9.80 Å². The van der Waals surface area contributed by atoms with Gasteiger partial charge in [-0.2, -0.15) is 19.7 Å². The second kappa shape index (κ2) is 7.05. The molecule has 1 aliphatic heterocycles. The van der Waals surface area contributed by atoms with Crippen LogP contribution in [0.25, 0.3) is 11.6 Å². The van der Waals surface area contributed by atoms with Gasteiger partial charge in [0.2, 0.25) is 0 Å². The van der Waals surface area contributed by atoms with Gasteiger partial charge in [0.05, 0.1) is 5.69 Å². The third-order valence-electron chi connectivity index (χ3n) is 5.64. The summed E-state index contributed by atoms with van der Waals surface area (Å²) in [5.41, 5.74) is 4.15. The maximum absolute atomic E-state index is 4.54.